The zero-order valence-corrected chi connectivity index (χ0v) is 14.8. The second-order valence-corrected chi connectivity index (χ2v) is 8.11. The van der Waals surface area contributed by atoms with E-state index in [0.717, 1.165) is 32.1 Å². The molecule has 4 heteroatoms. The van der Waals surface area contributed by atoms with Crippen LogP contribution >= 0.6 is 0 Å². The molecule has 0 spiro atoms. The number of carboxylic acid groups (broad SMARTS) is 1. The fraction of sp³-hybridized carbons (Fsp3) is 0.700. The monoisotopic (exact) mass is 332 g/mol. The molecule has 4 bridgehead atoms. The van der Waals surface area contributed by atoms with Crippen LogP contribution in [0.25, 0.3) is 0 Å². The minimum absolute atomic E-state index is 0.0423. The van der Waals surface area contributed by atoms with Gasteiger partial charge in [-0.1, -0.05) is 31.2 Å². The van der Waals surface area contributed by atoms with Gasteiger partial charge in [0.1, 0.15) is 0 Å². The minimum atomic E-state index is -0.596. The van der Waals surface area contributed by atoms with Crippen LogP contribution in [-0.2, 0) is 14.3 Å². The van der Waals surface area contributed by atoms with Crippen LogP contribution < -0.4 is 0 Å². The van der Waals surface area contributed by atoms with Gasteiger partial charge in [0.15, 0.2) is 0 Å². The summed E-state index contributed by atoms with van der Waals surface area (Å²) in [5.41, 5.74) is -0.645. The fourth-order valence-corrected chi connectivity index (χ4v) is 5.32. The number of esters is 1. The average Bonchev–Trinajstić information content (AvgIpc) is 3.33. The van der Waals surface area contributed by atoms with Crippen LogP contribution in [0.2, 0.25) is 0 Å². The standard InChI is InChI=1S/2C10H14O2/c1-10(9(11)12-2)6-7-3-4-8(10)5-7;1-2-10(9(11)12)6-7-3-4-8(10)5-7/h3-4,7-8H,5-6H2,1-2H3;3-4,7-8H,2,5-6H2,1H3,(H,11,12). The summed E-state index contributed by atoms with van der Waals surface area (Å²) < 4.78 is 4.82. The molecular formula is C20H28O4. The van der Waals surface area contributed by atoms with Gasteiger partial charge in [0.05, 0.1) is 17.9 Å². The SMILES string of the molecule is CCC1(C(=O)O)CC2C=CC1C2.COC(=O)C1(C)CC2C=CC1C2. The third-order valence-corrected chi connectivity index (χ3v) is 6.89. The van der Waals surface area contributed by atoms with Gasteiger partial charge in [0.2, 0.25) is 0 Å². The largest absolute Gasteiger partial charge is 0.481 e. The molecule has 0 aromatic rings. The molecular weight excluding hydrogens is 304 g/mol. The summed E-state index contributed by atoms with van der Waals surface area (Å²) in [5.74, 6) is 1.27. The van der Waals surface area contributed by atoms with E-state index < -0.39 is 11.4 Å². The molecule has 4 aliphatic rings. The number of fused-ring (bicyclic) bond motifs is 4. The first-order valence-corrected chi connectivity index (χ1v) is 9.04. The lowest BCUT2D eigenvalue weighted by atomic mass is 9.74. The Hall–Kier alpha value is -1.58. The quantitative estimate of drug-likeness (QED) is 0.630. The number of ether oxygens (including phenoxy) is 1. The van der Waals surface area contributed by atoms with Gasteiger partial charge >= 0.3 is 11.9 Å². The lowest BCUT2D eigenvalue weighted by molar-refractivity contribution is -0.153. The highest BCUT2D eigenvalue weighted by Crippen LogP contribution is 2.54. The van der Waals surface area contributed by atoms with E-state index >= 15 is 0 Å². The van der Waals surface area contributed by atoms with Gasteiger partial charge in [0.25, 0.3) is 0 Å². The van der Waals surface area contributed by atoms with Crippen molar-refractivity contribution in [3.8, 4) is 0 Å². The number of hydrogen-bond acceptors (Lipinski definition) is 3. The predicted octanol–water partition coefficient (Wildman–Crippen LogP) is 3.83. The van der Waals surface area contributed by atoms with E-state index in [-0.39, 0.29) is 11.4 Å². The Bertz CT molecular complexity index is 592. The van der Waals surface area contributed by atoms with Crippen molar-refractivity contribution in [1.82, 2.24) is 0 Å². The van der Waals surface area contributed by atoms with Crippen LogP contribution in [-0.4, -0.2) is 24.2 Å². The Labute approximate surface area is 144 Å². The third-order valence-electron chi connectivity index (χ3n) is 6.89. The van der Waals surface area contributed by atoms with Crippen LogP contribution in [0.3, 0.4) is 0 Å². The molecule has 0 radical (unpaired) electrons. The minimum Gasteiger partial charge on any atom is -0.481 e. The normalized spacial score (nSPS) is 43.6. The van der Waals surface area contributed by atoms with Crippen molar-refractivity contribution < 1.29 is 19.4 Å². The number of carbonyl (C=O) groups is 2. The van der Waals surface area contributed by atoms with Gasteiger partial charge in [0, 0.05) is 0 Å². The lowest BCUT2D eigenvalue weighted by Crippen LogP contribution is -2.34. The maximum Gasteiger partial charge on any atom is 0.312 e. The molecule has 0 saturated heterocycles. The average molecular weight is 332 g/mol. The first kappa shape index (κ1) is 17.2. The number of methoxy groups -OCH3 is 1. The third kappa shape index (κ3) is 2.51. The molecule has 4 rings (SSSR count). The Morgan fingerprint density at radius 3 is 1.96 bits per heavy atom. The molecule has 0 amide bonds. The van der Waals surface area contributed by atoms with E-state index in [1.807, 2.05) is 13.8 Å². The molecule has 0 aromatic carbocycles. The summed E-state index contributed by atoms with van der Waals surface area (Å²) in [6.07, 6.45) is 13.5. The molecule has 0 aromatic heterocycles. The van der Waals surface area contributed by atoms with Gasteiger partial charge in [-0.3, -0.25) is 9.59 Å². The van der Waals surface area contributed by atoms with E-state index in [1.54, 1.807) is 0 Å². The number of hydrogen-bond donors (Lipinski definition) is 1. The van der Waals surface area contributed by atoms with E-state index in [4.69, 9.17) is 9.84 Å². The van der Waals surface area contributed by atoms with E-state index in [0.29, 0.717) is 23.7 Å². The molecule has 2 saturated carbocycles. The maximum atomic E-state index is 11.5. The van der Waals surface area contributed by atoms with Crippen LogP contribution in [0.15, 0.2) is 24.3 Å². The summed E-state index contributed by atoms with van der Waals surface area (Å²) >= 11 is 0. The summed E-state index contributed by atoms with van der Waals surface area (Å²) in [6, 6.07) is 0. The number of carboxylic acids is 1. The van der Waals surface area contributed by atoms with Crippen molar-refractivity contribution in [2.45, 2.75) is 46.0 Å². The van der Waals surface area contributed by atoms with Gasteiger partial charge in [-0.05, 0) is 62.7 Å². The van der Waals surface area contributed by atoms with Crippen molar-refractivity contribution in [2.24, 2.45) is 34.5 Å². The molecule has 6 atom stereocenters. The van der Waals surface area contributed by atoms with Crippen molar-refractivity contribution in [3.63, 3.8) is 0 Å². The second kappa shape index (κ2) is 6.05. The van der Waals surface area contributed by atoms with E-state index in [1.165, 1.54) is 7.11 Å². The molecule has 4 aliphatic carbocycles. The summed E-state index contributed by atoms with van der Waals surface area (Å²) in [5, 5.41) is 9.15. The molecule has 2 fully saturated rings. The second-order valence-electron chi connectivity index (χ2n) is 8.11. The van der Waals surface area contributed by atoms with Crippen molar-refractivity contribution in [3.05, 3.63) is 24.3 Å². The Morgan fingerprint density at radius 1 is 1.08 bits per heavy atom. The van der Waals surface area contributed by atoms with Crippen molar-refractivity contribution in [2.75, 3.05) is 7.11 Å². The van der Waals surface area contributed by atoms with Crippen LogP contribution in [0.1, 0.15) is 46.0 Å². The summed E-state index contributed by atoms with van der Waals surface area (Å²) in [4.78, 5) is 22.6. The van der Waals surface area contributed by atoms with Gasteiger partial charge in [-0.2, -0.15) is 0 Å². The zero-order valence-electron chi connectivity index (χ0n) is 14.8. The number of allylic oxidation sites excluding steroid dienone is 4. The number of carbonyl (C=O) groups excluding carboxylic acids is 1. The highest BCUT2D eigenvalue weighted by molar-refractivity contribution is 5.78. The predicted molar refractivity (Wildman–Crippen MR) is 91.2 cm³/mol. The Morgan fingerprint density at radius 2 is 1.67 bits per heavy atom. The highest BCUT2D eigenvalue weighted by Gasteiger charge is 2.52. The lowest BCUT2D eigenvalue weighted by Gasteiger charge is -2.29. The summed E-state index contributed by atoms with van der Waals surface area (Å²) in [7, 11) is 1.48. The zero-order chi connectivity index (χ0) is 17.5. The van der Waals surface area contributed by atoms with E-state index in [9.17, 15) is 9.59 Å². The topological polar surface area (TPSA) is 63.6 Å². The summed E-state index contributed by atoms with van der Waals surface area (Å²) in [6.45, 7) is 4.01. The van der Waals surface area contributed by atoms with Crippen LogP contribution in [0.4, 0.5) is 0 Å². The molecule has 132 valence electrons. The smallest absolute Gasteiger partial charge is 0.312 e. The molecule has 6 unspecified atom stereocenters. The maximum absolute atomic E-state index is 11.5. The van der Waals surface area contributed by atoms with Gasteiger partial charge in [-0.15, -0.1) is 0 Å². The number of rotatable bonds is 3. The first-order chi connectivity index (χ1) is 11.4. The molecule has 24 heavy (non-hydrogen) atoms. The fourth-order valence-electron chi connectivity index (χ4n) is 5.32. The number of aliphatic carboxylic acids is 1. The highest BCUT2D eigenvalue weighted by atomic mass is 16.5. The van der Waals surface area contributed by atoms with Crippen molar-refractivity contribution >= 4 is 11.9 Å². The molecule has 1 N–H and O–H groups in total. The van der Waals surface area contributed by atoms with E-state index in [2.05, 4.69) is 24.3 Å². The molecule has 0 aliphatic heterocycles. The molecule has 0 heterocycles. The van der Waals surface area contributed by atoms with Crippen molar-refractivity contribution in [1.29, 1.82) is 0 Å². The van der Waals surface area contributed by atoms with Crippen LogP contribution in [0.5, 0.6) is 0 Å². The van der Waals surface area contributed by atoms with Gasteiger partial charge < -0.3 is 9.84 Å². The Kier molecular flexibility index (Phi) is 4.35. The van der Waals surface area contributed by atoms with Crippen LogP contribution in [0, 0.1) is 34.5 Å². The Balaban J connectivity index is 0.000000141. The first-order valence-electron chi connectivity index (χ1n) is 9.04. The molecule has 4 nitrogen and oxygen atoms in total. The van der Waals surface area contributed by atoms with Gasteiger partial charge in [-0.25, -0.2) is 0 Å².